The molecule has 5 rings (SSSR count). The summed E-state index contributed by atoms with van der Waals surface area (Å²) in [5, 5.41) is 9.33. The number of halogens is 3. The van der Waals surface area contributed by atoms with Crippen LogP contribution in [0.2, 0.25) is 5.02 Å². The highest BCUT2D eigenvalue weighted by Gasteiger charge is 2.37. The predicted molar refractivity (Wildman–Crippen MR) is 119 cm³/mol. The number of hydrogen-bond acceptors (Lipinski definition) is 5. The van der Waals surface area contributed by atoms with Gasteiger partial charge < -0.3 is 9.64 Å². The normalized spacial score (nSPS) is 18.5. The molecule has 0 bridgehead atoms. The third-order valence-electron chi connectivity index (χ3n) is 6.70. The van der Waals surface area contributed by atoms with Crippen molar-refractivity contribution < 1.29 is 23.1 Å². The Kier molecular flexibility index (Phi) is 6.42. The summed E-state index contributed by atoms with van der Waals surface area (Å²) in [4.78, 5) is 28.4. The SMILES string of the molecule is O=C(OC(CF)CF)N1Cc2cc(Cl)ccc2-n2c(nnc2C2CCN(C(=O)C3CC3)CC2)C1. The van der Waals surface area contributed by atoms with Gasteiger partial charge in [0.25, 0.3) is 0 Å². The van der Waals surface area contributed by atoms with Gasteiger partial charge in [0.05, 0.1) is 18.8 Å². The molecule has 11 heteroatoms. The summed E-state index contributed by atoms with van der Waals surface area (Å²) in [6.45, 7) is -0.606. The lowest BCUT2D eigenvalue weighted by molar-refractivity contribution is -0.133. The number of aromatic nitrogens is 3. The summed E-state index contributed by atoms with van der Waals surface area (Å²) in [6, 6.07) is 5.39. The Morgan fingerprint density at radius 3 is 2.47 bits per heavy atom. The number of alkyl halides is 2. The fourth-order valence-electron chi connectivity index (χ4n) is 4.69. The van der Waals surface area contributed by atoms with Gasteiger partial charge in [0.2, 0.25) is 5.91 Å². The van der Waals surface area contributed by atoms with Crippen LogP contribution in [0.1, 0.15) is 48.8 Å². The van der Waals surface area contributed by atoms with E-state index in [9.17, 15) is 18.4 Å². The number of hydrogen-bond donors (Lipinski definition) is 0. The average molecular weight is 494 g/mol. The molecule has 182 valence electrons. The molecule has 1 aromatic heterocycles. The molecule has 2 amide bonds. The van der Waals surface area contributed by atoms with Gasteiger partial charge in [-0.2, -0.15) is 0 Å². The number of ether oxygens (including phenoxy) is 1. The molecule has 34 heavy (non-hydrogen) atoms. The maximum Gasteiger partial charge on any atom is 0.410 e. The van der Waals surface area contributed by atoms with E-state index in [1.54, 1.807) is 12.1 Å². The Bertz CT molecular complexity index is 1080. The molecule has 1 aliphatic carbocycles. The van der Waals surface area contributed by atoms with E-state index >= 15 is 0 Å². The van der Waals surface area contributed by atoms with Crippen molar-refractivity contribution in [2.24, 2.45) is 5.92 Å². The number of fused-ring (bicyclic) bond motifs is 3. The topological polar surface area (TPSA) is 80.6 Å². The third kappa shape index (κ3) is 4.47. The second-order valence-electron chi connectivity index (χ2n) is 9.13. The van der Waals surface area contributed by atoms with Gasteiger partial charge >= 0.3 is 6.09 Å². The van der Waals surface area contributed by atoms with E-state index in [1.807, 2.05) is 15.5 Å². The van der Waals surface area contributed by atoms with E-state index in [0.717, 1.165) is 42.8 Å². The molecule has 0 unspecified atom stereocenters. The molecular formula is C23H26ClF2N5O3. The zero-order chi connectivity index (χ0) is 23.8. The van der Waals surface area contributed by atoms with Crippen LogP contribution in [-0.2, 0) is 22.6 Å². The lowest BCUT2D eigenvalue weighted by Gasteiger charge is -2.32. The molecule has 3 aliphatic rings. The quantitative estimate of drug-likeness (QED) is 0.633. The van der Waals surface area contributed by atoms with Gasteiger partial charge in [0.15, 0.2) is 11.9 Å². The summed E-state index contributed by atoms with van der Waals surface area (Å²) in [5.74, 6) is 1.87. The van der Waals surface area contributed by atoms with Crippen LogP contribution in [0.3, 0.4) is 0 Å². The first-order valence-corrected chi connectivity index (χ1v) is 12.0. The molecule has 8 nitrogen and oxygen atoms in total. The second-order valence-corrected chi connectivity index (χ2v) is 9.56. The number of carbonyl (C=O) groups excluding carboxylic acids is 2. The van der Waals surface area contributed by atoms with E-state index < -0.39 is 25.5 Å². The maximum atomic E-state index is 12.9. The van der Waals surface area contributed by atoms with Crippen molar-refractivity contribution in [1.82, 2.24) is 24.6 Å². The van der Waals surface area contributed by atoms with E-state index in [1.165, 1.54) is 4.90 Å². The maximum absolute atomic E-state index is 12.9. The Morgan fingerprint density at radius 2 is 1.79 bits per heavy atom. The van der Waals surface area contributed by atoms with Gasteiger partial charge in [-0.15, -0.1) is 10.2 Å². The van der Waals surface area contributed by atoms with Gasteiger partial charge in [-0.3, -0.25) is 14.3 Å². The molecule has 0 radical (unpaired) electrons. The molecular weight excluding hydrogens is 468 g/mol. The zero-order valence-corrected chi connectivity index (χ0v) is 19.4. The largest absolute Gasteiger partial charge is 0.440 e. The van der Waals surface area contributed by atoms with Crippen molar-refractivity contribution in [2.75, 3.05) is 26.4 Å². The molecule has 0 spiro atoms. The fraction of sp³-hybridized carbons (Fsp3) is 0.565. The summed E-state index contributed by atoms with van der Waals surface area (Å²) >= 11 is 6.24. The Hall–Kier alpha value is -2.75. The number of rotatable bonds is 5. The van der Waals surface area contributed by atoms with Gasteiger partial charge in [0, 0.05) is 29.9 Å². The number of amides is 2. The highest BCUT2D eigenvalue weighted by Crippen LogP contribution is 2.36. The van der Waals surface area contributed by atoms with Crippen LogP contribution in [-0.4, -0.2) is 69.1 Å². The van der Waals surface area contributed by atoms with Crippen molar-refractivity contribution in [3.8, 4) is 5.69 Å². The number of likely N-dealkylation sites (tertiary alicyclic amines) is 1. The summed E-state index contributed by atoms with van der Waals surface area (Å²) in [7, 11) is 0. The third-order valence-corrected chi connectivity index (χ3v) is 6.93. The van der Waals surface area contributed by atoms with Gasteiger partial charge in [-0.25, -0.2) is 13.6 Å². The lowest BCUT2D eigenvalue weighted by Crippen LogP contribution is -2.39. The minimum absolute atomic E-state index is 0.0719. The molecule has 0 atom stereocenters. The van der Waals surface area contributed by atoms with Gasteiger partial charge in [-0.05, 0) is 49.4 Å². The Morgan fingerprint density at radius 1 is 1.06 bits per heavy atom. The van der Waals surface area contributed by atoms with E-state index in [4.69, 9.17) is 16.3 Å². The van der Waals surface area contributed by atoms with E-state index in [0.29, 0.717) is 23.9 Å². The van der Waals surface area contributed by atoms with Crippen LogP contribution >= 0.6 is 11.6 Å². The molecule has 3 heterocycles. The molecule has 1 saturated carbocycles. The molecule has 2 aromatic rings. The molecule has 2 aliphatic heterocycles. The van der Waals surface area contributed by atoms with Crippen LogP contribution in [0.5, 0.6) is 0 Å². The number of nitrogens with zero attached hydrogens (tertiary/aromatic N) is 5. The number of benzene rings is 1. The fourth-order valence-corrected chi connectivity index (χ4v) is 4.88. The van der Waals surface area contributed by atoms with Gasteiger partial charge in [-0.1, -0.05) is 11.6 Å². The zero-order valence-electron chi connectivity index (χ0n) is 18.6. The van der Waals surface area contributed by atoms with Crippen LogP contribution in [0, 0.1) is 5.92 Å². The number of piperidine rings is 1. The summed E-state index contributed by atoms with van der Waals surface area (Å²) in [5.41, 5.74) is 1.56. The van der Waals surface area contributed by atoms with Crippen molar-refractivity contribution in [3.63, 3.8) is 0 Å². The van der Waals surface area contributed by atoms with E-state index in [2.05, 4.69) is 10.2 Å². The highest BCUT2D eigenvalue weighted by molar-refractivity contribution is 6.30. The molecule has 2 fully saturated rings. The molecule has 1 aromatic carbocycles. The minimum Gasteiger partial charge on any atom is -0.440 e. The summed E-state index contributed by atoms with van der Waals surface area (Å²) < 4.78 is 32.8. The average Bonchev–Trinajstić information content (AvgIpc) is 3.64. The Labute approximate surface area is 200 Å². The van der Waals surface area contributed by atoms with Crippen molar-refractivity contribution >= 4 is 23.6 Å². The molecule has 0 N–H and O–H groups in total. The van der Waals surface area contributed by atoms with Crippen LogP contribution in [0.25, 0.3) is 5.69 Å². The van der Waals surface area contributed by atoms with Crippen molar-refractivity contribution in [1.29, 1.82) is 0 Å². The first kappa shape index (κ1) is 23.0. The van der Waals surface area contributed by atoms with Crippen LogP contribution < -0.4 is 0 Å². The monoisotopic (exact) mass is 493 g/mol. The Balaban J connectivity index is 1.42. The first-order chi connectivity index (χ1) is 16.5. The second kappa shape index (κ2) is 9.48. The first-order valence-electron chi connectivity index (χ1n) is 11.6. The summed E-state index contributed by atoms with van der Waals surface area (Å²) in [6.07, 6.45) is 1.28. The highest BCUT2D eigenvalue weighted by atomic mass is 35.5. The van der Waals surface area contributed by atoms with E-state index in [-0.39, 0.29) is 30.8 Å². The smallest absolute Gasteiger partial charge is 0.410 e. The van der Waals surface area contributed by atoms with Crippen LogP contribution in [0.4, 0.5) is 13.6 Å². The van der Waals surface area contributed by atoms with Gasteiger partial charge in [0.1, 0.15) is 19.2 Å². The van der Waals surface area contributed by atoms with Crippen molar-refractivity contribution in [2.45, 2.75) is 50.8 Å². The van der Waals surface area contributed by atoms with Crippen LogP contribution in [0.15, 0.2) is 18.2 Å². The predicted octanol–water partition coefficient (Wildman–Crippen LogP) is 3.80. The lowest BCUT2D eigenvalue weighted by atomic mass is 9.95. The molecule has 1 saturated heterocycles. The van der Waals surface area contributed by atoms with Crippen molar-refractivity contribution in [3.05, 3.63) is 40.4 Å². The number of carbonyl (C=O) groups is 2. The minimum atomic E-state index is -1.44. The standard InChI is InChI=1S/C23H26ClF2N5O3/c24-17-3-4-19-16(9-17)12-30(23(33)34-18(10-25)11-26)13-20-27-28-21(31(19)20)14-5-7-29(8-6-14)22(32)15-1-2-15/h3-4,9,14-15,18H,1-2,5-8,10-13H2.